The van der Waals surface area contributed by atoms with Crippen molar-refractivity contribution in [1.82, 2.24) is 67.9 Å². The van der Waals surface area contributed by atoms with E-state index >= 15 is 0 Å². The van der Waals surface area contributed by atoms with Gasteiger partial charge in [-0.1, -0.05) is 63.5 Å². The lowest BCUT2D eigenvalue weighted by Gasteiger charge is -2.30. The lowest BCUT2D eigenvalue weighted by Crippen LogP contribution is -2.44. The quantitative estimate of drug-likeness (QED) is 0.0544. The summed E-state index contributed by atoms with van der Waals surface area (Å²) in [5, 5.41) is 47.1. The minimum absolute atomic E-state index is 0.0285. The van der Waals surface area contributed by atoms with Crippen molar-refractivity contribution < 1.29 is 46.0 Å². The fourth-order valence-electron chi connectivity index (χ4n) is 9.75. The summed E-state index contributed by atoms with van der Waals surface area (Å²) in [6, 6.07) is 26.2. The highest BCUT2D eigenvalue weighted by Gasteiger charge is 2.42. The lowest BCUT2D eigenvalue weighted by molar-refractivity contribution is 0.171. The Morgan fingerprint density at radius 3 is 1.15 bits per heavy atom. The molecule has 0 aliphatic rings. The Morgan fingerprint density at radius 2 is 0.852 bits per heavy atom. The van der Waals surface area contributed by atoms with Gasteiger partial charge in [-0.3, -0.25) is 18.5 Å². The van der Waals surface area contributed by atoms with E-state index < -0.39 is 58.9 Å². The molecule has 26 nitrogen and oxygen atoms in total. The van der Waals surface area contributed by atoms with Crippen molar-refractivity contribution >= 4 is 59.4 Å². The second-order valence-corrected chi connectivity index (χ2v) is 39.2. The summed E-state index contributed by atoms with van der Waals surface area (Å²) in [6.07, 6.45) is 7.56. The van der Waals surface area contributed by atoms with Crippen LogP contribution in [0.4, 0.5) is 11.9 Å². The first-order valence-electron chi connectivity index (χ1n) is 28.3. The van der Waals surface area contributed by atoms with Crippen molar-refractivity contribution in [3.63, 3.8) is 0 Å². The highest BCUT2D eigenvalue weighted by atomic mass is 32.2. The van der Waals surface area contributed by atoms with Crippen LogP contribution in [0.25, 0.3) is 45.7 Å². The molecule has 88 heavy (non-hydrogen) atoms. The topological polar surface area (TPSA) is 284 Å². The Morgan fingerprint density at radius 1 is 0.500 bits per heavy atom. The van der Waals surface area contributed by atoms with Crippen molar-refractivity contribution in [2.24, 2.45) is 14.1 Å². The summed E-state index contributed by atoms with van der Waals surface area (Å²) in [7, 11) is -2.43. The minimum Gasteiger partial charge on any atom is -0.494 e. The summed E-state index contributed by atoms with van der Waals surface area (Å²) < 4.78 is 93.7. The molecule has 30 heteroatoms. The number of benzene rings is 2. The number of fused-ring (bicyclic) bond motifs is 2. The number of aliphatic hydroxyl groups excluding tert-OH is 2. The number of methoxy groups -OCH3 is 4. The zero-order valence-electron chi connectivity index (χ0n) is 51.8. The number of aliphatic hydroxyl groups is 2. The fourth-order valence-corrected chi connectivity index (χ4v) is 15.0. The molecule has 468 valence electrons. The molecule has 0 saturated carbocycles. The molecule has 8 heterocycles. The van der Waals surface area contributed by atoms with Crippen molar-refractivity contribution in [3.05, 3.63) is 133 Å². The van der Waals surface area contributed by atoms with Crippen molar-refractivity contribution in [2.45, 2.75) is 87.9 Å². The lowest BCUT2D eigenvalue weighted by atomic mass is 10.2. The number of para-hydroxylation sites is 2. The molecular formula is C58H76N16O10S2Si2. The average Bonchev–Trinajstić information content (AvgIpc) is 1.95. The number of anilines is 2. The van der Waals surface area contributed by atoms with Gasteiger partial charge in [0.2, 0.25) is 31.9 Å². The third kappa shape index (κ3) is 13.2. The number of imidazole rings is 2. The molecule has 0 unspecified atom stereocenters. The number of ether oxygens (including phenoxy) is 4. The Kier molecular flexibility index (Phi) is 18.7. The third-order valence-electron chi connectivity index (χ3n) is 14.8. The maximum absolute atomic E-state index is 14.6. The summed E-state index contributed by atoms with van der Waals surface area (Å²) >= 11 is 0. The van der Waals surface area contributed by atoms with Gasteiger partial charge in [-0.15, -0.1) is 20.4 Å². The number of sulfonamides is 2. The number of aryl methyl sites for hydroxylation is 2. The molecule has 0 amide bonds. The molecule has 2 N–H and O–H groups in total. The summed E-state index contributed by atoms with van der Waals surface area (Å²) in [5.41, 5.74) is 3.48. The normalized spacial score (nSPS) is 13.6. The van der Waals surface area contributed by atoms with Crippen molar-refractivity contribution in [1.29, 1.82) is 0 Å². The van der Waals surface area contributed by atoms with Crippen LogP contribution in [0.15, 0.2) is 122 Å². The van der Waals surface area contributed by atoms with Crippen LogP contribution < -0.4 is 27.6 Å². The van der Waals surface area contributed by atoms with Gasteiger partial charge in [0.05, 0.1) is 39.8 Å². The monoisotopic (exact) mass is 1280 g/mol. The van der Waals surface area contributed by atoms with Crippen LogP contribution in [0.5, 0.6) is 23.0 Å². The number of pyridine rings is 2. The molecule has 0 aliphatic carbocycles. The van der Waals surface area contributed by atoms with Gasteiger partial charge in [0.15, 0.2) is 11.6 Å². The molecule has 0 aliphatic heterocycles. The highest BCUT2D eigenvalue weighted by Crippen LogP contribution is 2.42. The van der Waals surface area contributed by atoms with Gasteiger partial charge >= 0.3 is 0 Å². The standard InChI is InChI=1S/2C29H38N8O5SSi/c2*1-20(27(38)22-19-35-15-9-8-13-25(35)30-22)43(39,40)36(17-18-44(5,6)7)29-32-31-28(21-14-16-34(2)33-21)37(29)26-23(41-3)11-10-12-24(26)42-4/h2*8-16,19-20,27,38H,17-18H2,1-7H3/t2*20-,27-/m10/s1. The van der Waals surface area contributed by atoms with Crippen LogP contribution in [-0.2, 0) is 34.1 Å². The largest absolute Gasteiger partial charge is 0.494 e. The molecular weight excluding hydrogens is 1200 g/mol. The maximum Gasteiger partial charge on any atom is 0.246 e. The summed E-state index contributed by atoms with van der Waals surface area (Å²) in [6.45, 7) is 16.2. The summed E-state index contributed by atoms with van der Waals surface area (Å²) in [4.78, 5) is 8.96. The molecule has 0 fully saturated rings. The van der Waals surface area contributed by atoms with Gasteiger partial charge < -0.3 is 38.0 Å². The second-order valence-electron chi connectivity index (χ2n) is 23.5. The minimum atomic E-state index is -4.27. The van der Waals surface area contributed by atoms with E-state index in [1.54, 1.807) is 139 Å². The molecule has 4 atom stereocenters. The van der Waals surface area contributed by atoms with E-state index in [-0.39, 0.29) is 36.4 Å². The first kappa shape index (κ1) is 64.1. The number of hydrogen-bond donors (Lipinski definition) is 2. The first-order chi connectivity index (χ1) is 41.7. The molecule has 0 spiro atoms. The predicted octanol–water partition coefficient (Wildman–Crippen LogP) is 7.86. The van der Waals surface area contributed by atoms with Crippen molar-refractivity contribution in [2.75, 3.05) is 50.1 Å². The van der Waals surface area contributed by atoms with E-state index in [0.717, 1.165) is 0 Å². The number of aromatic nitrogens is 14. The van der Waals surface area contributed by atoms with E-state index in [1.165, 1.54) is 50.9 Å². The molecule has 2 aromatic carbocycles. The van der Waals surface area contributed by atoms with E-state index in [1.807, 2.05) is 24.3 Å². The Labute approximate surface area is 513 Å². The van der Waals surface area contributed by atoms with Crippen LogP contribution in [0.1, 0.15) is 37.4 Å². The zero-order valence-corrected chi connectivity index (χ0v) is 55.5. The molecule has 0 radical (unpaired) electrons. The van der Waals surface area contributed by atoms with Gasteiger partial charge in [0.25, 0.3) is 0 Å². The molecule has 10 rings (SSSR count). The average molecular weight is 1280 g/mol. The zero-order chi connectivity index (χ0) is 63.6. The Hall–Kier alpha value is -8.43. The van der Waals surface area contributed by atoms with E-state index in [0.29, 0.717) is 80.8 Å². The molecule has 10 aromatic rings. The van der Waals surface area contributed by atoms with Crippen LogP contribution >= 0.6 is 0 Å². The molecule has 8 aromatic heterocycles. The van der Waals surface area contributed by atoms with E-state index in [9.17, 15) is 27.0 Å². The Bertz CT molecular complexity index is 3920. The van der Waals surface area contributed by atoms with Crippen LogP contribution in [0.2, 0.25) is 51.4 Å². The number of nitrogens with zero attached hydrogens (tertiary/aromatic N) is 16. The smallest absolute Gasteiger partial charge is 0.246 e. The molecule has 0 saturated heterocycles. The third-order valence-corrected chi connectivity index (χ3v) is 22.6. The highest BCUT2D eigenvalue weighted by molar-refractivity contribution is 7.93. The number of hydrogen-bond acceptors (Lipinski definition) is 18. The van der Waals surface area contributed by atoms with Crippen molar-refractivity contribution in [3.8, 4) is 57.4 Å². The molecule has 0 bridgehead atoms. The second kappa shape index (κ2) is 25.7. The van der Waals surface area contributed by atoms with Gasteiger partial charge in [0, 0.05) is 80.5 Å². The van der Waals surface area contributed by atoms with Gasteiger partial charge in [-0.25, -0.2) is 35.4 Å². The van der Waals surface area contributed by atoms with E-state index in [2.05, 4.69) is 79.8 Å². The SMILES string of the molecule is COc1cccc(OC)c1-n1c(-c2ccn(C)n2)nnc1N(CC[Si](C)(C)C)S(=O)(=O)[C@@H](C)[C@H](O)c1cn2ccccc2n1.COc1cccc(OC)c1-n1c(-c2ccn(C)n2)nnc1N(CC[Si](C)(C)C)S(=O)(=O)[C@H](C)[C@@H](O)c1cn2ccccc2n1. The predicted molar refractivity (Wildman–Crippen MR) is 341 cm³/mol. The van der Waals surface area contributed by atoms with Crippen LogP contribution in [0, 0.1) is 0 Å². The van der Waals surface area contributed by atoms with Gasteiger partial charge in [0.1, 0.15) is 79.8 Å². The maximum atomic E-state index is 14.6. The van der Waals surface area contributed by atoms with Crippen LogP contribution in [-0.4, -0.2) is 163 Å². The van der Waals surface area contributed by atoms with E-state index in [4.69, 9.17) is 18.9 Å². The Balaban J connectivity index is 0.000000209. The number of rotatable bonds is 24. The first-order valence-corrected chi connectivity index (χ1v) is 38.7. The van der Waals surface area contributed by atoms with Gasteiger partial charge in [-0.05, 0) is 86.6 Å². The van der Waals surface area contributed by atoms with Gasteiger partial charge in [-0.2, -0.15) is 10.2 Å². The fraction of sp³-hybridized carbons (Fsp3) is 0.379. The van der Waals surface area contributed by atoms with Crippen LogP contribution in [0.3, 0.4) is 0 Å². The summed E-state index contributed by atoms with van der Waals surface area (Å²) in [5.74, 6) is 2.33.